The molecule has 1 N–H and O–H groups in total. The lowest BCUT2D eigenvalue weighted by atomic mass is 9.85. The fourth-order valence-corrected chi connectivity index (χ4v) is 2.41. The van der Waals surface area contributed by atoms with Gasteiger partial charge in [0.1, 0.15) is 0 Å². The molecular weight excluding hydrogens is 136 g/mol. The largest absolute Gasteiger partial charge is 0.393 e. The number of hydrogen-bond acceptors (Lipinski definition) is 1. The van der Waals surface area contributed by atoms with E-state index in [9.17, 15) is 5.11 Å². The summed E-state index contributed by atoms with van der Waals surface area (Å²) in [4.78, 5) is 0. The number of rotatable bonds is 3. The maximum absolute atomic E-state index is 9.62. The third-order valence-electron chi connectivity index (χ3n) is 3.19. The summed E-state index contributed by atoms with van der Waals surface area (Å²) < 4.78 is 0. The number of aliphatic hydroxyl groups excluding tert-OH is 1. The van der Waals surface area contributed by atoms with Crippen molar-refractivity contribution >= 4 is 0 Å². The minimum Gasteiger partial charge on any atom is -0.393 e. The van der Waals surface area contributed by atoms with Gasteiger partial charge in [-0.25, -0.2) is 0 Å². The van der Waals surface area contributed by atoms with Crippen LogP contribution in [0.3, 0.4) is 0 Å². The smallest absolute Gasteiger partial charge is 0.0571 e. The Morgan fingerprint density at radius 3 is 2.27 bits per heavy atom. The van der Waals surface area contributed by atoms with Crippen LogP contribution in [0.4, 0.5) is 0 Å². The van der Waals surface area contributed by atoms with Gasteiger partial charge in [-0.2, -0.15) is 0 Å². The van der Waals surface area contributed by atoms with Gasteiger partial charge < -0.3 is 5.11 Å². The molecule has 2 atom stereocenters. The lowest BCUT2D eigenvalue weighted by Crippen LogP contribution is -2.21. The van der Waals surface area contributed by atoms with E-state index in [-0.39, 0.29) is 6.10 Å². The predicted molar refractivity (Wildman–Crippen MR) is 47.4 cm³/mol. The Hall–Kier alpha value is -0.0400. The molecule has 66 valence electrons. The highest BCUT2D eigenvalue weighted by Crippen LogP contribution is 2.34. The van der Waals surface area contributed by atoms with Gasteiger partial charge in [-0.05, 0) is 24.7 Å². The summed E-state index contributed by atoms with van der Waals surface area (Å²) >= 11 is 0. The predicted octanol–water partition coefficient (Wildman–Crippen LogP) is 2.58. The third kappa shape index (κ3) is 1.96. The average molecular weight is 156 g/mol. The van der Waals surface area contributed by atoms with Gasteiger partial charge in [0, 0.05) is 0 Å². The molecule has 1 rings (SSSR count). The molecule has 0 aromatic rings. The highest BCUT2D eigenvalue weighted by Gasteiger charge is 2.30. The van der Waals surface area contributed by atoms with Crippen LogP contribution in [-0.2, 0) is 0 Å². The van der Waals surface area contributed by atoms with Crippen molar-refractivity contribution in [1.29, 1.82) is 0 Å². The van der Waals surface area contributed by atoms with E-state index in [0.717, 1.165) is 12.3 Å². The van der Waals surface area contributed by atoms with Gasteiger partial charge in [0.05, 0.1) is 6.10 Å². The molecule has 0 spiro atoms. The highest BCUT2D eigenvalue weighted by atomic mass is 16.3. The molecule has 0 amide bonds. The zero-order valence-electron chi connectivity index (χ0n) is 7.71. The van der Waals surface area contributed by atoms with E-state index in [1.54, 1.807) is 0 Å². The molecule has 0 aliphatic heterocycles. The summed E-state index contributed by atoms with van der Waals surface area (Å²) in [6, 6.07) is 0. The third-order valence-corrected chi connectivity index (χ3v) is 3.19. The van der Waals surface area contributed by atoms with Crippen LogP contribution >= 0.6 is 0 Å². The second kappa shape index (κ2) is 4.10. The topological polar surface area (TPSA) is 20.2 Å². The Bertz CT molecular complexity index is 107. The second-order valence-electron chi connectivity index (χ2n) is 3.74. The summed E-state index contributed by atoms with van der Waals surface area (Å²) in [6.07, 6.45) is 6.02. The normalized spacial score (nSPS) is 31.6. The van der Waals surface area contributed by atoms with Gasteiger partial charge in [-0.3, -0.25) is 0 Å². The molecule has 1 fully saturated rings. The maximum Gasteiger partial charge on any atom is 0.0571 e. The molecular formula is C10H20O. The van der Waals surface area contributed by atoms with Crippen LogP contribution in [-0.4, -0.2) is 11.2 Å². The molecule has 0 saturated heterocycles. The van der Waals surface area contributed by atoms with Crippen molar-refractivity contribution in [3.05, 3.63) is 0 Å². The summed E-state index contributed by atoms with van der Waals surface area (Å²) in [5, 5.41) is 9.62. The highest BCUT2D eigenvalue weighted by molar-refractivity contribution is 4.81. The van der Waals surface area contributed by atoms with E-state index in [2.05, 4.69) is 13.8 Å². The zero-order valence-corrected chi connectivity index (χ0v) is 7.71. The molecule has 0 aromatic heterocycles. The van der Waals surface area contributed by atoms with Crippen molar-refractivity contribution in [1.82, 2.24) is 0 Å². The molecule has 11 heavy (non-hydrogen) atoms. The van der Waals surface area contributed by atoms with E-state index < -0.39 is 0 Å². The van der Waals surface area contributed by atoms with E-state index in [4.69, 9.17) is 0 Å². The van der Waals surface area contributed by atoms with Gasteiger partial charge in [0.15, 0.2) is 0 Å². The molecule has 0 aromatic carbocycles. The fourth-order valence-electron chi connectivity index (χ4n) is 2.41. The van der Waals surface area contributed by atoms with Crippen molar-refractivity contribution in [2.75, 3.05) is 0 Å². The Balaban J connectivity index is 2.43. The Morgan fingerprint density at radius 2 is 1.91 bits per heavy atom. The Kier molecular flexibility index (Phi) is 3.38. The Morgan fingerprint density at radius 1 is 1.27 bits per heavy atom. The first-order valence-corrected chi connectivity index (χ1v) is 4.97. The van der Waals surface area contributed by atoms with Gasteiger partial charge in [-0.1, -0.05) is 33.1 Å². The van der Waals surface area contributed by atoms with Crippen molar-refractivity contribution in [3.8, 4) is 0 Å². The summed E-state index contributed by atoms with van der Waals surface area (Å²) in [6.45, 7) is 4.47. The minimum atomic E-state index is 0.0138. The molecule has 0 heterocycles. The van der Waals surface area contributed by atoms with E-state index in [0.29, 0.717) is 5.92 Å². The lowest BCUT2D eigenvalue weighted by Gasteiger charge is -2.23. The minimum absolute atomic E-state index is 0.0138. The van der Waals surface area contributed by atoms with E-state index in [1.807, 2.05) is 0 Å². The SMILES string of the molecule is CCC(CC)C1CCCC1O. The first-order chi connectivity index (χ1) is 5.29. The van der Waals surface area contributed by atoms with Gasteiger partial charge in [0.25, 0.3) is 0 Å². The van der Waals surface area contributed by atoms with Crippen LogP contribution in [0.15, 0.2) is 0 Å². The summed E-state index contributed by atoms with van der Waals surface area (Å²) in [7, 11) is 0. The van der Waals surface area contributed by atoms with Crippen molar-refractivity contribution in [3.63, 3.8) is 0 Å². The summed E-state index contributed by atoms with van der Waals surface area (Å²) in [5.74, 6) is 1.39. The quantitative estimate of drug-likeness (QED) is 0.666. The van der Waals surface area contributed by atoms with Crippen molar-refractivity contribution < 1.29 is 5.11 Å². The van der Waals surface area contributed by atoms with Crippen LogP contribution in [0.2, 0.25) is 0 Å². The van der Waals surface area contributed by atoms with E-state index in [1.165, 1.54) is 25.7 Å². The van der Waals surface area contributed by atoms with Crippen LogP contribution in [0.1, 0.15) is 46.0 Å². The maximum atomic E-state index is 9.62. The molecule has 0 bridgehead atoms. The average Bonchev–Trinajstić information content (AvgIpc) is 2.40. The Labute approximate surface area is 69.8 Å². The zero-order chi connectivity index (χ0) is 8.27. The van der Waals surface area contributed by atoms with Crippen molar-refractivity contribution in [2.24, 2.45) is 11.8 Å². The first kappa shape index (κ1) is 9.05. The van der Waals surface area contributed by atoms with Crippen LogP contribution in [0.5, 0.6) is 0 Å². The van der Waals surface area contributed by atoms with Crippen LogP contribution < -0.4 is 0 Å². The molecule has 0 radical (unpaired) electrons. The van der Waals surface area contributed by atoms with Gasteiger partial charge >= 0.3 is 0 Å². The molecule has 1 saturated carbocycles. The summed E-state index contributed by atoms with van der Waals surface area (Å²) in [5.41, 5.74) is 0. The molecule has 1 heteroatoms. The number of hydrogen-bond donors (Lipinski definition) is 1. The molecule has 1 aliphatic rings. The molecule has 1 aliphatic carbocycles. The monoisotopic (exact) mass is 156 g/mol. The fraction of sp³-hybridized carbons (Fsp3) is 1.00. The van der Waals surface area contributed by atoms with Gasteiger partial charge in [0.2, 0.25) is 0 Å². The van der Waals surface area contributed by atoms with Crippen molar-refractivity contribution in [2.45, 2.75) is 52.1 Å². The van der Waals surface area contributed by atoms with Gasteiger partial charge in [-0.15, -0.1) is 0 Å². The van der Waals surface area contributed by atoms with Crippen LogP contribution in [0.25, 0.3) is 0 Å². The first-order valence-electron chi connectivity index (χ1n) is 4.97. The standard InChI is InChI=1S/C10H20O/c1-3-8(4-2)9-6-5-7-10(9)11/h8-11H,3-7H2,1-2H3. The number of aliphatic hydroxyl groups is 1. The lowest BCUT2D eigenvalue weighted by molar-refractivity contribution is 0.0946. The van der Waals surface area contributed by atoms with Crippen LogP contribution in [0, 0.1) is 11.8 Å². The molecule has 2 unspecified atom stereocenters. The van der Waals surface area contributed by atoms with E-state index >= 15 is 0 Å². The molecule has 1 nitrogen and oxygen atoms in total. The second-order valence-corrected chi connectivity index (χ2v) is 3.74.